The van der Waals surface area contributed by atoms with E-state index < -0.39 is 6.10 Å². The van der Waals surface area contributed by atoms with Crippen LogP contribution in [0, 0.1) is 0 Å². The van der Waals surface area contributed by atoms with Gasteiger partial charge in [-0.2, -0.15) is 0 Å². The van der Waals surface area contributed by atoms with Gasteiger partial charge in [0.25, 0.3) is 5.91 Å². The normalized spacial score (nSPS) is 18.3. The van der Waals surface area contributed by atoms with Gasteiger partial charge in [0, 0.05) is 20.1 Å². The first kappa shape index (κ1) is 18.4. The van der Waals surface area contributed by atoms with Gasteiger partial charge < -0.3 is 19.6 Å². The fraction of sp³-hybridized carbons (Fsp3) is 0.556. The van der Waals surface area contributed by atoms with Crippen molar-refractivity contribution in [1.82, 2.24) is 9.80 Å². The van der Waals surface area contributed by atoms with Crippen molar-refractivity contribution in [3.8, 4) is 0 Å². The van der Waals surface area contributed by atoms with Crippen molar-refractivity contribution in [3.63, 3.8) is 0 Å². The lowest BCUT2D eigenvalue weighted by atomic mass is 10.1. The van der Waals surface area contributed by atoms with Gasteiger partial charge in [-0.3, -0.25) is 9.59 Å². The molecule has 1 aliphatic rings. The average molecular weight is 334 g/mol. The molecule has 1 unspecified atom stereocenters. The number of aliphatic hydroxyl groups excluding tert-OH is 1. The topological polar surface area (TPSA) is 70.1 Å². The van der Waals surface area contributed by atoms with E-state index in [4.69, 9.17) is 9.84 Å². The Balaban J connectivity index is 1.92. The van der Waals surface area contributed by atoms with Gasteiger partial charge >= 0.3 is 0 Å². The molecule has 0 aliphatic carbocycles. The van der Waals surface area contributed by atoms with E-state index in [1.165, 1.54) is 4.90 Å². The number of nitrogens with zero attached hydrogens (tertiary/aromatic N) is 2. The molecule has 1 heterocycles. The summed E-state index contributed by atoms with van der Waals surface area (Å²) in [6.45, 7) is 1.19. The Labute approximate surface area is 143 Å². The van der Waals surface area contributed by atoms with Crippen molar-refractivity contribution in [2.75, 3.05) is 33.3 Å². The van der Waals surface area contributed by atoms with Crippen molar-refractivity contribution in [3.05, 3.63) is 35.9 Å². The molecule has 1 N–H and O–H groups in total. The fourth-order valence-electron chi connectivity index (χ4n) is 2.71. The lowest BCUT2D eigenvalue weighted by molar-refractivity contribution is -0.148. The molecule has 0 saturated carbocycles. The van der Waals surface area contributed by atoms with Gasteiger partial charge in [0.15, 0.2) is 0 Å². The minimum Gasteiger partial charge on any atom is -0.395 e. The van der Waals surface area contributed by atoms with Crippen molar-refractivity contribution >= 4 is 11.8 Å². The van der Waals surface area contributed by atoms with Gasteiger partial charge in [-0.05, 0) is 24.8 Å². The van der Waals surface area contributed by atoms with Crippen molar-refractivity contribution < 1.29 is 19.4 Å². The lowest BCUT2D eigenvalue weighted by Crippen LogP contribution is -2.45. The van der Waals surface area contributed by atoms with Gasteiger partial charge in [0.2, 0.25) is 5.91 Å². The number of likely N-dealkylation sites (N-methyl/N-ethyl adjacent to an activating group) is 1. The van der Waals surface area contributed by atoms with Crippen LogP contribution >= 0.6 is 0 Å². The molecule has 0 aromatic heterocycles. The van der Waals surface area contributed by atoms with Gasteiger partial charge in [0.05, 0.1) is 19.8 Å². The third-order valence-corrected chi connectivity index (χ3v) is 4.21. The summed E-state index contributed by atoms with van der Waals surface area (Å²) in [6.07, 6.45) is 1.96. The standard InChI is InChI=1S/C18H26N2O4/c1-19(11-12-21)17(22)13-20-10-6-5-9-16(18(20)23)24-14-15-7-3-2-4-8-15/h2-4,7-8,16,21H,5-6,9-14H2,1H3. The minimum absolute atomic E-state index is 0.0422. The van der Waals surface area contributed by atoms with Crippen LogP contribution in [0.4, 0.5) is 0 Å². The van der Waals surface area contributed by atoms with Gasteiger partial charge in [0.1, 0.15) is 6.10 Å². The fourth-order valence-corrected chi connectivity index (χ4v) is 2.71. The van der Waals surface area contributed by atoms with Crippen molar-refractivity contribution in [2.45, 2.75) is 32.0 Å². The number of carbonyl (C=O) groups is 2. The highest BCUT2D eigenvalue weighted by Gasteiger charge is 2.29. The zero-order valence-corrected chi connectivity index (χ0v) is 14.2. The first-order chi connectivity index (χ1) is 11.6. The number of aliphatic hydroxyl groups is 1. The smallest absolute Gasteiger partial charge is 0.252 e. The maximum Gasteiger partial charge on any atom is 0.252 e. The predicted molar refractivity (Wildman–Crippen MR) is 90.2 cm³/mol. The van der Waals surface area contributed by atoms with Gasteiger partial charge in [-0.15, -0.1) is 0 Å². The maximum absolute atomic E-state index is 12.7. The van der Waals surface area contributed by atoms with E-state index in [0.29, 0.717) is 19.6 Å². The summed E-state index contributed by atoms with van der Waals surface area (Å²) >= 11 is 0. The molecule has 24 heavy (non-hydrogen) atoms. The molecule has 0 radical (unpaired) electrons. The first-order valence-electron chi connectivity index (χ1n) is 8.41. The van der Waals surface area contributed by atoms with Crippen LogP contribution in [-0.2, 0) is 20.9 Å². The van der Waals surface area contributed by atoms with Crippen LogP contribution in [0.25, 0.3) is 0 Å². The highest BCUT2D eigenvalue weighted by atomic mass is 16.5. The molecule has 0 spiro atoms. The molecule has 132 valence electrons. The Kier molecular flexibility index (Phi) is 7.21. The molecule has 2 amide bonds. The molecule has 1 fully saturated rings. The first-order valence-corrected chi connectivity index (χ1v) is 8.41. The summed E-state index contributed by atoms with van der Waals surface area (Å²) < 4.78 is 5.82. The number of amides is 2. The van der Waals surface area contributed by atoms with Crippen LogP contribution < -0.4 is 0 Å². The second kappa shape index (κ2) is 9.39. The van der Waals surface area contributed by atoms with E-state index in [1.54, 1.807) is 11.9 Å². The number of hydrogen-bond acceptors (Lipinski definition) is 4. The molecule has 1 saturated heterocycles. The number of hydrogen-bond donors (Lipinski definition) is 1. The zero-order chi connectivity index (χ0) is 17.4. The zero-order valence-electron chi connectivity index (χ0n) is 14.2. The Hall–Kier alpha value is -1.92. The van der Waals surface area contributed by atoms with Crippen LogP contribution in [0.15, 0.2) is 30.3 Å². The minimum atomic E-state index is -0.497. The summed E-state index contributed by atoms with van der Waals surface area (Å²) in [6, 6.07) is 9.75. The number of benzene rings is 1. The van der Waals surface area contributed by atoms with Crippen molar-refractivity contribution in [1.29, 1.82) is 0 Å². The van der Waals surface area contributed by atoms with E-state index in [0.717, 1.165) is 18.4 Å². The second-order valence-corrected chi connectivity index (χ2v) is 6.08. The van der Waals surface area contributed by atoms with Crippen LogP contribution in [0.5, 0.6) is 0 Å². The number of ether oxygens (including phenoxy) is 1. The van der Waals surface area contributed by atoms with E-state index in [9.17, 15) is 9.59 Å². The maximum atomic E-state index is 12.7. The molecule has 1 aliphatic heterocycles. The third kappa shape index (κ3) is 5.32. The van der Waals surface area contributed by atoms with E-state index in [-0.39, 0.29) is 31.5 Å². The van der Waals surface area contributed by atoms with E-state index in [1.807, 2.05) is 30.3 Å². The quantitative estimate of drug-likeness (QED) is 0.809. The molecule has 6 nitrogen and oxygen atoms in total. The van der Waals surface area contributed by atoms with E-state index >= 15 is 0 Å². The molecular weight excluding hydrogens is 308 g/mol. The summed E-state index contributed by atoms with van der Waals surface area (Å²) in [4.78, 5) is 27.8. The molecule has 1 atom stereocenters. The Bertz CT molecular complexity index is 535. The highest BCUT2D eigenvalue weighted by molar-refractivity contribution is 5.87. The van der Waals surface area contributed by atoms with Gasteiger partial charge in [-0.1, -0.05) is 30.3 Å². The molecule has 6 heteroatoms. The Morgan fingerprint density at radius 2 is 2.08 bits per heavy atom. The molecule has 1 aromatic rings. The van der Waals surface area contributed by atoms with Crippen LogP contribution in [0.1, 0.15) is 24.8 Å². The Morgan fingerprint density at radius 3 is 2.79 bits per heavy atom. The molecular formula is C18H26N2O4. The highest BCUT2D eigenvalue weighted by Crippen LogP contribution is 2.17. The number of likely N-dealkylation sites (tertiary alicyclic amines) is 1. The molecule has 1 aromatic carbocycles. The summed E-state index contributed by atoms with van der Waals surface area (Å²) in [5, 5.41) is 8.91. The average Bonchev–Trinajstić information content (AvgIpc) is 2.76. The molecule has 0 bridgehead atoms. The lowest BCUT2D eigenvalue weighted by Gasteiger charge is -2.26. The largest absolute Gasteiger partial charge is 0.395 e. The molecule has 2 rings (SSSR count). The second-order valence-electron chi connectivity index (χ2n) is 6.08. The van der Waals surface area contributed by atoms with Crippen LogP contribution in [0.3, 0.4) is 0 Å². The van der Waals surface area contributed by atoms with Crippen LogP contribution in [0.2, 0.25) is 0 Å². The summed E-state index contributed by atoms with van der Waals surface area (Å²) in [5.74, 6) is -0.282. The Morgan fingerprint density at radius 1 is 1.33 bits per heavy atom. The van der Waals surface area contributed by atoms with E-state index in [2.05, 4.69) is 0 Å². The van der Waals surface area contributed by atoms with Gasteiger partial charge in [-0.25, -0.2) is 0 Å². The monoisotopic (exact) mass is 334 g/mol. The van der Waals surface area contributed by atoms with Crippen LogP contribution in [-0.4, -0.2) is 66.1 Å². The predicted octanol–water partition coefficient (Wildman–Crippen LogP) is 1.03. The number of carbonyl (C=O) groups excluding carboxylic acids is 2. The summed E-state index contributed by atoms with van der Waals surface area (Å²) in [5.41, 5.74) is 1.03. The third-order valence-electron chi connectivity index (χ3n) is 4.21. The summed E-state index contributed by atoms with van der Waals surface area (Å²) in [7, 11) is 1.63. The SMILES string of the molecule is CN(CCO)C(=O)CN1CCCCC(OCc2ccccc2)C1=O. The van der Waals surface area contributed by atoms with Crippen molar-refractivity contribution in [2.24, 2.45) is 0 Å². The number of rotatable bonds is 7.